The van der Waals surface area contributed by atoms with E-state index in [1.807, 2.05) is 35.2 Å². The number of carbonyl (C=O) groups excluding carboxylic acids is 2. The van der Waals surface area contributed by atoms with Crippen molar-refractivity contribution in [2.24, 2.45) is 5.92 Å². The van der Waals surface area contributed by atoms with Crippen LogP contribution < -0.4 is 16.0 Å². The normalized spacial score (nSPS) is 14.5. The van der Waals surface area contributed by atoms with Gasteiger partial charge in [0, 0.05) is 30.0 Å². The van der Waals surface area contributed by atoms with E-state index < -0.39 is 0 Å². The van der Waals surface area contributed by atoms with Gasteiger partial charge < -0.3 is 20.9 Å². The molecule has 3 amide bonds. The number of nitrogens with one attached hydrogen (secondary N) is 3. The number of piperidine rings is 1. The Kier molecular flexibility index (Phi) is 7.03. The van der Waals surface area contributed by atoms with Gasteiger partial charge in [0.1, 0.15) is 0 Å². The molecule has 0 saturated carbocycles. The molecule has 0 unspecified atom stereocenters. The second kappa shape index (κ2) is 9.90. The summed E-state index contributed by atoms with van der Waals surface area (Å²) < 4.78 is 0. The fourth-order valence-electron chi connectivity index (χ4n) is 3.38. The van der Waals surface area contributed by atoms with Crippen LogP contribution in [0.1, 0.15) is 30.1 Å². The van der Waals surface area contributed by atoms with Crippen LogP contribution in [-0.4, -0.2) is 43.0 Å². The Morgan fingerprint density at radius 2 is 1.54 bits per heavy atom. The van der Waals surface area contributed by atoms with Gasteiger partial charge in [-0.3, -0.25) is 4.79 Å². The molecule has 3 rings (SSSR count). The molecule has 3 N–H and O–H groups in total. The number of hydrogen-bond donors (Lipinski definition) is 3. The van der Waals surface area contributed by atoms with Crippen LogP contribution in [0.25, 0.3) is 0 Å². The molecule has 1 aliphatic heterocycles. The summed E-state index contributed by atoms with van der Waals surface area (Å²) in [7, 11) is 0. The maximum absolute atomic E-state index is 12.7. The zero-order valence-corrected chi connectivity index (χ0v) is 16.3. The molecule has 0 spiro atoms. The zero-order valence-electron chi connectivity index (χ0n) is 16.3. The molecule has 28 heavy (non-hydrogen) atoms. The molecule has 1 heterocycles. The number of urea groups is 1. The fourth-order valence-corrected chi connectivity index (χ4v) is 3.38. The lowest BCUT2D eigenvalue weighted by molar-refractivity contribution is 0.0690. The molecule has 1 aliphatic rings. The van der Waals surface area contributed by atoms with Crippen LogP contribution in [0.15, 0.2) is 54.6 Å². The third kappa shape index (κ3) is 5.57. The highest BCUT2D eigenvalue weighted by Crippen LogP contribution is 2.19. The van der Waals surface area contributed by atoms with E-state index in [0.717, 1.165) is 44.7 Å². The van der Waals surface area contributed by atoms with E-state index in [4.69, 9.17) is 0 Å². The summed E-state index contributed by atoms with van der Waals surface area (Å²) >= 11 is 0. The van der Waals surface area contributed by atoms with E-state index in [2.05, 4.69) is 22.9 Å². The molecule has 1 saturated heterocycles. The summed E-state index contributed by atoms with van der Waals surface area (Å²) in [5, 5.41) is 8.93. The Balaban J connectivity index is 1.50. The maximum Gasteiger partial charge on any atom is 0.323 e. The van der Waals surface area contributed by atoms with E-state index in [1.54, 1.807) is 24.3 Å². The summed E-state index contributed by atoms with van der Waals surface area (Å²) in [5.41, 5.74) is 2.03. The van der Waals surface area contributed by atoms with Crippen LogP contribution in [-0.2, 0) is 0 Å². The number of carbonyl (C=O) groups is 2. The van der Waals surface area contributed by atoms with Crippen molar-refractivity contribution in [3.63, 3.8) is 0 Å². The molecule has 0 atom stereocenters. The standard InChI is InChI=1S/C22H28N4O2/c1-2-23-16-17-12-14-26(15-13-17)21(27)18-8-10-20(11-9-18)25-22(28)24-19-6-4-3-5-7-19/h3-11,17,23H,2,12-16H2,1H3,(H2,24,25,28). The van der Waals surface area contributed by atoms with Crippen molar-refractivity contribution in [3.05, 3.63) is 60.2 Å². The monoisotopic (exact) mass is 380 g/mol. The first-order valence-electron chi connectivity index (χ1n) is 9.89. The molecule has 2 aromatic carbocycles. The second-order valence-electron chi connectivity index (χ2n) is 7.07. The fraction of sp³-hybridized carbons (Fsp3) is 0.364. The Bertz CT molecular complexity index is 769. The average molecular weight is 380 g/mol. The lowest BCUT2D eigenvalue weighted by Crippen LogP contribution is -2.40. The molecule has 0 bridgehead atoms. The minimum atomic E-state index is -0.312. The summed E-state index contributed by atoms with van der Waals surface area (Å²) in [6.45, 7) is 5.73. The Morgan fingerprint density at radius 1 is 0.929 bits per heavy atom. The van der Waals surface area contributed by atoms with E-state index in [9.17, 15) is 9.59 Å². The predicted octanol–water partition coefficient (Wildman–Crippen LogP) is 3.79. The van der Waals surface area contributed by atoms with Crippen LogP contribution in [0.4, 0.5) is 16.2 Å². The predicted molar refractivity (Wildman–Crippen MR) is 113 cm³/mol. The van der Waals surface area contributed by atoms with Crippen molar-refractivity contribution in [1.82, 2.24) is 10.2 Å². The topological polar surface area (TPSA) is 73.5 Å². The number of likely N-dealkylation sites (tertiary alicyclic amines) is 1. The third-order valence-electron chi connectivity index (χ3n) is 5.01. The van der Waals surface area contributed by atoms with Gasteiger partial charge in [0.25, 0.3) is 5.91 Å². The zero-order chi connectivity index (χ0) is 19.8. The molecular formula is C22H28N4O2. The van der Waals surface area contributed by atoms with Gasteiger partial charge in [-0.25, -0.2) is 4.79 Å². The first-order valence-corrected chi connectivity index (χ1v) is 9.89. The Morgan fingerprint density at radius 3 is 2.14 bits per heavy atom. The maximum atomic E-state index is 12.7. The number of hydrogen-bond acceptors (Lipinski definition) is 3. The highest BCUT2D eigenvalue weighted by Gasteiger charge is 2.23. The van der Waals surface area contributed by atoms with Crippen LogP contribution in [0.5, 0.6) is 0 Å². The molecule has 148 valence electrons. The molecule has 2 aromatic rings. The van der Waals surface area contributed by atoms with Gasteiger partial charge in [0.2, 0.25) is 0 Å². The highest BCUT2D eigenvalue weighted by molar-refractivity contribution is 6.00. The average Bonchev–Trinajstić information content (AvgIpc) is 2.73. The third-order valence-corrected chi connectivity index (χ3v) is 5.01. The van der Waals surface area contributed by atoms with Crippen molar-refractivity contribution in [2.75, 3.05) is 36.8 Å². The van der Waals surface area contributed by atoms with Crippen LogP contribution >= 0.6 is 0 Å². The number of amides is 3. The van der Waals surface area contributed by atoms with Gasteiger partial charge in [-0.1, -0.05) is 25.1 Å². The van der Waals surface area contributed by atoms with Gasteiger partial charge in [-0.2, -0.15) is 0 Å². The Hall–Kier alpha value is -2.86. The van der Waals surface area contributed by atoms with Crippen LogP contribution in [0, 0.1) is 5.92 Å². The lowest BCUT2D eigenvalue weighted by Gasteiger charge is -2.32. The summed E-state index contributed by atoms with van der Waals surface area (Å²) in [6.07, 6.45) is 2.08. The number of rotatable bonds is 6. The summed E-state index contributed by atoms with van der Waals surface area (Å²) in [6, 6.07) is 16.0. The Labute approximate surface area is 166 Å². The molecule has 0 aliphatic carbocycles. The molecular weight excluding hydrogens is 352 g/mol. The van der Waals surface area contributed by atoms with Crippen LogP contribution in [0.2, 0.25) is 0 Å². The highest BCUT2D eigenvalue weighted by atomic mass is 16.2. The second-order valence-corrected chi connectivity index (χ2v) is 7.07. The number of nitrogens with zero attached hydrogens (tertiary/aromatic N) is 1. The minimum Gasteiger partial charge on any atom is -0.339 e. The molecule has 0 radical (unpaired) electrons. The van der Waals surface area contributed by atoms with Gasteiger partial charge >= 0.3 is 6.03 Å². The first-order chi connectivity index (χ1) is 13.7. The van der Waals surface area contributed by atoms with Crippen molar-refractivity contribution in [3.8, 4) is 0 Å². The van der Waals surface area contributed by atoms with E-state index in [1.165, 1.54) is 0 Å². The van der Waals surface area contributed by atoms with Crippen molar-refractivity contribution < 1.29 is 9.59 Å². The van der Waals surface area contributed by atoms with Crippen molar-refractivity contribution >= 4 is 23.3 Å². The summed E-state index contributed by atoms with van der Waals surface area (Å²) in [5.74, 6) is 0.709. The first kappa shape index (κ1) is 19.9. The van der Waals surface area contributed by atoms with E-state index >= 15 is 0 Å². The van der Waals surface area contributed by atoms with Crippen molar-refractivity contribution in [1.29, 1.82) is 0 Å². The van der Waals surface area contributed by atoms with Gasteiger partial charge in [-0.15, -0.1) is 0 Å². The minimum absolute atomic E-state index is 0.0576. The smallest absolute Gasteiger partial charge is 0.323 e. The number of para-hydroxylation sites is 1. The molecule has 1 fully saturated rings. The lowest BCUT2D eigenvalue weighted by atomic mass is 9.96. The number of benzene rings is 2. The summed E-state index contributed by atoms with van der Waals surface area (Å²) in [4.78, 5) is 26.7. The van der Waals surface area contributed by atoms with Gasteiger partial charge in [0.05, 0.1) is 0 Å². The molecule has 6 heteroatoms. The molecule has 6 nitrogen and oxygen atoms in total. The quantitative estimate of drug-likeness (QED) is 0.714. The SMILES string of the molecule is CCNCC1CCN(C(=O)c2ccc(NC(=O)Nc3ccccc3)cc2)CC1. The largest absolute Gasteiger partial charge is 0.339 e. The van der Waals surface area contributed by atoms with Gasteiger partial charge in [0.15, 0.2) is 0 Å². The van der Waals surface area contributed by atoms with E-state index in [0.29, 0.717) is 17.2 Å². The van der Waals surface area contributed by atoms with Crippen LogP contribution in [0.3, 0.4) is 0 Å². The van der Waals surface area contributed by atoms with Gasteiger partial charge in [-0.05, 0) is 68.2 Å². The molecule has 0 aromatic heterocycles. The number of anilines is 2. The van der Waals surface area contributed by atoms with Crippen molar-refractivity contribution in [2.45, 2.75) is 19.8 Å². The van der Waals surface area contributed by atoms with E-state index in [-0.39, 0.29) is 11.9 Å².